The van der Waals surface area contributed by atoms with Crippen LogP contribution in [0.25, 0.3) is 5.52 Å². The number of nitrogens with two attached hydrogens (primary N) is 1. The number of ether oxygens (including phenoxy) is 4. The fraction of sp³-hybridized carbons (Fsp3) is 0.583. The number of nitrogen functional groups attached to an aromatic ring is 1. The molecule has 4 atom stereocenters. The second-order valence-corrected chi connectivity index (χ2v) is 9.52. The summed E-state index contributed by atoms with van der Waals surface area (Å²) in [5.41, 5.74) is 4.56. The Morgan fingerprint density at radius 3 is 2.28 bits per heavy atom. The Morgan fingerprint density at radius 2 is 1.69 bits per heavy atom. The van der Waals surface area contributed by atoms with E-state index in [-0.39, 0.29) is 18.1 Å². The number of nitriles is 1. The van der Waals surface area contributed by atoms with Gasteiger partial charge in [-0.2, -0.15) is 10.4 Å². The molecule has 2 N–H and O–H groups in total. The van der Waals surface area contributed by atoms with Crippen molar-refractivity contribution in [2.45, 2.75) is 65.5 Å². The molecule has 0 bridgehead atoms. The number of carbonyl (C=O) groups is 3. The molecule has 1 aliphatic rings. The van der Waals surface area contributed by atoms with Gasteiger partial charge in [0.15, 0.2) is 18.0 Å². The first-order chi connectivity index (χ1) is 16.9. The average molecular weight is 502 g/mol. The molecule has 2 aromatic heterocycles. The molecule has 1 fully saturated rings. The minimum atomic E-state index is -1.98. The lowest BCUT2D eigenvalue weighted by Crippen LogP contribution is -2.47. The molecule has 0 saturated carbocycles. The maximum Gasteiger partial charge on any atom is 0.308 e. The van der Waals surface area contributed by atoms with Crippen LogP contribution in [0.4, 0.5) is 5.82 Å². The number of esters is 3. The van der Waals surface area contributed by atoms with Gasteiger partial charge in [-0.15, -0.1) is 0 Å². The highest BCUT2D eigenvalue weighted by atomic mass is 16.7. The molecule has 3 heterocycles. The largest absolute Gasteiger partial charge is 0.463 e. The monoisotopic (exact) mass is 501 g/mol. The van der Waals surface area contributed by atoms with Crippen molar-refractivity contribution in [3.8, 4) is 6.07 Å². The molecule has 0 aliphatic carbocycles. The minimum absolute atomic E-state index is 0.156. The molecule has 0 aromatic carbocycles. The molecule has 3 rings (SSSR count). The smallest absolute Gasteiger partial charge is 0.308 e. The highest BCUT2D eigenvalue weighted by molar-refractivity contribution is 5.74. The number of hydrogen-bond acceptors (Lipinski definition) is 11. The lowest BCUT2D eigenvalue weighted by Gasteiger charge is -2.29. The molecule has 12 nitrogen and oxygen atoms in total. The third-order valence-electron chi connectivity index (χ3n) is 5.73. The zero-order chi connectivity index (χ0) is 26.8. The zero-order valence-corrected chi connectivity index (χ0v) is 21.1. The van der Waals surface area contributed by atoms with Gasteiger partial charge in [0, 0.05) is 0 Å². The average Bonchev–Trinajstić information content (AvgIpc) is 3.38. The van der Waals surface area contributed by atoms with E-state index in [0.717, 1.165) is 0 Å². The molecule has 0 radical (unpaired) electrons. The lowest BCUT2D eigenvalue weighted by molar-refractivity contribution is -0.174. The quantitative estimate of drug-likeness (QED) is 0.413. The molecular weight excluding hydrogens is 470 g/mol. The van der Waals surface area contributed by atoms with Crippen LogP contribution in [0.5, 0.6) is 0 Å². The molecule has 1 saturated heterocycles. The van der Waals surface area contributed by atoms with Gasteiger partial charge < -0.3 is 24.7 Å². The maximum atomic E-state index is 12.8. The highest BCUT2D eigenvalue weighted by Crippen LogP contribution is 2.44. The first-order valence-corrected chi connectivity index (χ1v) is 11.7. The fourth-order valence-electron chi connectivity index (χ4n) is 3.67. The first-order valence-electron chi connectivity index (χ1n) is 11.7. The van der Waals surface area contributed by atoms with Gasteiger partial charge in [0.25, 0.3) is 0 Å². The molecule has 36 heavy (non-hydrogen) atoms. The standard InChI is InChI=1S/C24H31N5O7/c1-12(2)21(30)33-9-16-18(34-22(31)13(3)4)19(35-23(32)14(5)6)24(10-25,36-16)17-8-7-15-20(26)27-11-28-29(15)17/h7-8,11-14,16,18-19H,9H2,1-6H3,(H2,26,27,28)/t16-,18-,19-,24+/m1/s1. The van der Waals surface area contributed by atoms with Crippen molar-refractivity contribution in [1.29, 1.82) is 5.26 Å². The molecule has 12 heteroatoms. The van der Waals surface area contributed by atoms with E-state index in [2.05, 4.69) is 16.2 Å². The number of fused-ring (bicyclic) bond motifs is 1. The number of hydrogen-bond donors (Lipinski definition) is 1. The normalized spacial score (nSPS) is 23.7. The SMILES string of the molecule is CC(C)C(=O)OC[C@H]1O[C@@](C#N)(c2ccc3c(N)ncnn23)[C@H](OC(=O)C(C)C)[C@@H]1OC(=O)C(C)C. The van der Waals surface area contributed by atoms with Gasteiger partial charge in [0.05, 0.1) is 23.4 Å². The summed E-state index contributed by atoms with van der Waals surface area (Å²) in [6.07, 6.45) is -2.58. The van der Waals surface area contributed by atoms with Gasteiger partial charge in [-0.25, -0.2) is 9.50 Å². The van der Waals surface area contributed by atoms with E-state index >= 15 is 0 Å². The second kappa shape index (κ2) is 10.5. The summed E-state index contributed by atoms with van der Waals surface area (Å²) in [6, 6.07) is 5.24. The predicted octanol–water partition coefficient (Wildman–Crippen LogP) is 1.76. The van der Waals surface area contributed by atoms with Crippen molar-refractivity contribution in [2.75, 3.05) is 12.3 Å². The van der Waals surface area contributed by atoms with Crippen molar-refractivity contribution in [1.82, 2.24) is 14.6 Å². The Hall–Kier alpha value is -3.72. The van der Waals surface area contributed by atoms with Crippen LogP contribution < -0.4 is 5.73 Å². The summed E-state index contributed by atoms with van der Waals surface area (Å²) in [7, 11) is 0. The summed E-state index contributed by atoms with van der Waals surface area (Å²) >= 11 is 0. The first kappa shape index (κ1) is 26.9. The van der Waals surface area contributed by atoms with Crippen LogP contribution in [-0.2, 0) is 38.9 Å². The third-order valence-corrected chi connectivity index (χ3v) is 5.73. The number of carbonyl (C=O) groups excluding carboxylic acids is 3. The topological polar surface area (TPSA) is 168 Å². The minimum Gasteiger partial charge on any atom is -0.463 e. The van der Waals surface area contributed by atoms with Crippen LogP contribution in [0.2, 0.25) is 0 Å². The maximum absolute atomic E-state index is 12.8. The van der Waals surface area contributed by atoms with E-state index in [9.17, 15) is 19.6 Å². The number of anilines is 1. The van der Waals surface area contributed by atoms with Crippen molar-refractivity contribution < 1.29 is 33.3 Å². The Bertz CT molecular complexity index is 1190. The van der Waals surface area contributed by atoms with E-state index in [1.54, 1.807) is 53.7 Å². The molecular formula is C24H31N5O7. The van der Waals surface area contributed by atoms with Gasteiger partial charge in [-0.1, -0.05) is 41.5 Å². The molecule has 1 aliphatic heterocycles. The highest BCUT2D eigenvalue weighted by Gasteiger charge is 2.63. The predicted molar refractivity (Wildman–Crippen MR) is 125 cm³/mol. The Kier molecular flexibility index (Phi) is 7.83. The second-order valence-electron chi connectivity index (χ2n) is 9.52. The molecule has 194 valence electrons. The molecule has 0 spiro atoms. The summed E-state index contributed by atoms with van der Waals surface area (Å²) in [5, 5.41) is 14.7. The van der Waals surface area contributed by atoms with Gasteiger partial charge in [0.2, 0.25) is 5.60 Å². The summed E-state index contributed by atoms with van der Waals surface area (Å²) < 4.78 is 24.4. The van der Waals surface area contributed by atoms with E-state index in [4.69, 9.17) is 24.7 Å². The van der Waals surface area contributed by atoms with E-state index in [1.807, 2.05) is 0 Å². The molecule has 0 unspecified atom stereocenters. The van der Waals surface area contributed by atoms with Gasteiger partial charge in [-0.05, 0) is 12.1 Å². The number of nitrogens with zero attached hydrogens (tertiary/aromatic N) is 4. The number of aromatic nitrogens is 3. The van der Waals surface area contributed by atoms with E-state index in [0.29, 0.717) is 5.52 Å². The van der Waals surface area contributed by atoms with Crippen molar-refractivity contribution in [3.63, 3.8) is 0 Å². The Balaban J connectivity index is 2.16. The van der Waals surface area contributed by atoms with Crippen molar-refractivity contribution >= 4 is 29.2 Å². The zero-order valence-electron chi connectivity index (χ0n) is 21.1. The van der Waals surface area contributed by atoms with Crippen LogP contribution in [0.15, 0.2) is 18.5 Å². The van der Waals surface area contributed by atoms with E-state index in [1.165, 1.54) is 10.8 Å². The van der Waals surface area contributed by atoms with Crippen LogP contribution in [0.1, 0.15) is 47.2 Å². The van der Waals surface area contributed by atoms with Crippen LogP contribution in [-0.4, -0.2) is 57.4 Å². The van der Waals surface area contributed by atoms with Crippen molar-refractivity contribution in [3.05, 3.63) is 24.2 Å². The van der Waals surface area contributed by atoms with Gasteiger partial charge in [-0.3, -0.25) is 14.4 Å². The summed E-state index contributed by atoms with van der Waals surface area (Å²) in [4.78, 5) is 41.5. The summed E-state index contributed by atoms with van der Waals surface area (Å²) in [5.74, 6) is -3.09. The lowest BCUT2D eigenvalue weighted by atomic mass is 9.91. The van der Waals surface area contributed by atoms with Gasteiger partial charge >= 0.3 is 17.9 Å². The molecule has 2 aromatic rings. The Morgan fingerprint density at radius 1 is 1.08 bits per heavy atom. The summed E-state index contributed by atoms with van der Waals surface area (Å²) in [6.45, 7) is 9.52. The van der Waals surface area contributed by atoms with Crippen LogP contribution in [0, 0.1) is 29.1 Å². The van der Waals surface area contributed by atoms with E-state index < -0.39 is 59.6 Å². The third kappa shape index (κ3) is 4.97. The molecule has 0 amide bonds. The fourth-order valence-corrected chi connectivity index (χ4v) is 3.67. The van der Waals surface area contributed by atoms with Crippen LogP contribution >= 0.6 is 0 Å². The Labute approximate surface area is 208 Å². The van der Waals surface area contributed by atoms with Crippen LogP contribution in [0.3, 0.4) is 0 Å². The van der Waals surface area contributed by atoms with Crippen molar-refractivity contribution in [2.24, 2.45) is 17.8 Å². The van der Waals surface area contributed by atoms with Gasteiger partial charge in [0.1, 0.15) is 30.6 Å². The number of rotatable bonds is 8.